The van der Waals surface area contributed by atoms with Crippen molar-refractivity contribution in [3.8, 4) is 0 Å². The minimum absolute atomic E-state index is 0.252. The van der Waals surface area contributed by atoms with Crippen LogP contribution in [-0.4, -0.2) is 41.3 Å². The fraction of sp³-hybridized carbons (Fsp3) is 0.500. The van der Waals surface area contributed by atoms with E-state index in [1.165, 1.54) is 11.0 Å². The third-order valence-corrected chi connectivity index (χ3v) is 3.97. The topological polar surface area (TPSA) is 49.8 Å². The first kappa shape index (κ1) is 14.2. The Morgan fingerprint density at radius 3 is 2.84 bits per heavy atom. The normalized spacial score (nSPS) is 24.9. The average Bonchev–Trinajstić information content (AvgIpc) is 2.72. The molecule has 1 N–H and O–H groups in total. The summed E-state index contributed by atoms with van der Waals surface area (Å²) in [5.74, 6) is -0.911. The van der Waals surface area contributed by atoms with Crippen molar-refractivity contribution < 1.29 is 14.6 Å². The summed E-state index contributed by atoms with van der Waals surface area (Å²) in [4.78, 5) is 14.1. The van der Waals surface area contributed by atoms with E-state index < -0.39 is 5.97 Å². The second kappa shape index (κ2) is 6.32. The van der Waals surface area contributed by atoms with Gasteiger partial charge in [0.15, 0.2) is 0 Å². The maximum Gasteiger partial charge on any atom is 0.328 e. The molecule has 0 aromatic carbocycles. The van der Waals surface area contributed by atoms with Crippen molar-refractivity contribution in [2.45, 2.75) is 32.6 Å². The zero-order valence-corrected chi connectivity index (χ0v) is 12.0. The van der Waals surface area contributed by atoms with Crippen LogP contribution in [0.1, 0.15) is 24.3 Å². The number of hydrogen-bond acceptors (Lipinski definition) is 4. The molecule has 1 saturated heterocycles. The van der Waals surface area contributed by atoms with E-state index in [0.717, 1.165) is 25.2 Å². The Bertz CT molecular complexity index is 459. The summed E-state index contributed by atoms with van der Waals surface area (Å²) in [7, 11) is 0. The molecular formula is C14H19NO3S. The molecule has 0 saturated carbocycles. The van der Waals surface area contributed by atoms with Crippen LogP contribution in [0.4, 0.5) is 0 Å². The Kier molecular flexibility index (Phi) is 4.74. The fourth-order valence-electron chi connectivity index (χ4n) is 2.41. The van der Waals surface area contributed by atoms with Gasteiger partial charge in [-0.3, -0.25) is 4.90 Å². The van der Waals surface area contributed by atoms with Crippen LogP contribution in [0.15, 0.2) is 17.5 Å². The molecule has 0 radical (unpaired) electrons. The van der Waals surface area contributed by atoms with Crippen molar-refractivity contribution in [3.63, 3.8) is 0 Å². The van der Waals surface area contributed by atoms with Gasteiger partial charge in [0.2, 0.25) is 0 Å². The molecule has 2 unspecified atom stereocenters. The van der Waals surface area contributed by atoms with Gasteiger partial charge in [-0.1, -0.05) is 0 Å². The molecule has 0 spiro atoms. The molecule has 2 rings (SSSR count). The van der Waals surface area contributed by atoms with Crippen LogP contribution in [0.2, 0.25) is 0 Å². The predicted octanol–water partition coefficient (Wildman–Crippen LogP) is 2.46. The van der Waals surface area contributed by atoms with E-state index in [-0.39, 0.29) is 12.2 Å². The minimum atomic E-state index is -0.911. The number of ether oxygens (including phenoxy) is 1. The Hall–Kier alpha value is -1.17. The largest absolute Gasteiger partial charge is 0.478 e. The average molecular weight is 281 g/mol. The number of nitrogens with zero attached hydrogens (tertiary/aromatic N) is 1. The molecule has 1 fully saturated rings. The molecule has 1 aromatic heterocycles. The second-order valence-corrected chi connectivity index (χ2v) is 5.92. The molecule has 0 amide bonds. The molecule has 2 atom stereocenters. The summed E-state index contributed by atoms with van der Waals surface area (Å²) in [6.07, 6.45) is 3.36. The standard InChI is InChI=1S/C14H19NO3S/c1-10-7-15(8-11(2)18-10)9-13-12(5-6-19-13)3-4-14(16)17/h3-6,10-11H,7-9H2,1-2H3,(H,16,17)/b4-3+. The fourth-order valence-corrected chi connectivity index (χ4v) is 3.31. The van der Waals surface area contributed by atoms with Gasteiger partial charge in [0.05, 0.1) is 12.2 Å². The first-order valence-electron chi connectivity index (χ1n) is 6.40. The van der Waals surface area contributed by atoms with E-state index in [9.17, 15) is 4.79 Å². The highest BCUT2D eigenvalue weighted by Crippen LogP contribution is 2.22. The first-order chi connectivity index (χ1) is 9.04. The molecule has 1 aliphatic heterocycles. The highest BCUT2D eigenvalue weighted by molar-refractivity contribution is 7.10. The first-order valence-corrected chi connectivity index (χ1v) is 7.27. The van der Waals surface area contributed by atoms with Gasteiger partial charge in [0.25, 0.3) is 0 Å². The number of thiophene rings is 1. The lowest BCUT2D eigenvalue weighted by molar-refractivity contribution is -0.131. The molecule has 0 aliphatic carbocycles. The van der Waals surface area contributed by atoms with Gasteiger partial charge in [-0.2, -0.15) is 0 Å². The molecule has 104 valence electrons. The molecule has 1 aliphatic rings. The van der Waals surface area contributed by atoms with Gasteiger partial charge in [0.1, 0.15) is 0 Å². The Morgan fingerprint density at radius 2 is 2.21 bits per heavy atom. The van der Waals surface area contributed by atoms with Crippen molar-refractivity contribution >= 4 is 23.4 Å². The molecule has 5 heteroatoms. The highest BCUT2D eigenvalue weighted by atomic mass is 32.1. The second-order valence-electron chi connectivity index (χ2n) is 4.92. The quantitative estimate of drug-likeness (QED) is 0.861. The SMILES string of the molecule is CC1CN(Cc2sccc2/C=C/C(=O)O)CC(C)O1. The molecule has 1 aromatic rings. The van der Waals surface area contributed by atoms with Gasteiger partial charge < -0.3 is 9.84 Å². The van der Waals surface area contributed by atoms with Crippen molar-refractivity contribution in [2.24, 2.45) is 0 Å². The maximum absolute atomic E-state index is 10.6. The number of hydrogen-bond donors (Lipinski definition) is 1. The van der Waals surface area contributed by atoms with E-state index in [1.807, 2.05) is 11.4 Å². The number of carboxylic acids is 1. The van der Waals surface area contributed by atoms with E-state index in [4.69, 9.17) is 9.84 Å². The Morgan fingerprint density at radius 1 is 1.53 bits per heavy atom. The van der Waals surface area contributed by atoms with Crippen LogP contribution in [-0.2, 0) is 16.1 Å². The minimum Gasteiger partial charge on any atom is -0.478 e. The van der Waals surface area contributed by atoms with E-state index >= 15 is 0 Å². The van der Waals surface area contributed by atoms with Gasteiger partial charge in [0, 0.05) is 30.6 Å². The van der Waals surface area contributed by atoms with Crippen molar-refractivity contribution in [1.82, 2.24) is 4.90 Å². The number of carbonyl (C=O) groups is 1. The number of morpholine rings is 1. The summed E-state index contributed by atoms with van der Waals surface area (Å²) in [6, 6.07) is 1.97. The number of rotatable bonds is 4. The van der Waals surface area contributed by atoms with Gasteiger partial charge in [-0.05, 0) is 36.9 Å². The zero-order chi connectivity index (χ0) is 13.8. The lowest BCUT2D eigenvalue weighted by Crippen LogP contribution is -2.44. The van der Waals surface area contributed by atoms with Crippen LogP contribution < -0.4 is 0 Å². The van der Waals surface area contributed by atoms with Crippen LogP contribution >= 0.6 is 11.3 Å². The van der Waals surface area contributed by atoms with Gasteiger partial charge in [-0.15, -0.1) is 11.3 Å². The highest BCUT2D eigenvalue weighted by Gasteiger charge is 2.22. The molecule has 2 heterocycles. The summed E-state index contributed by atoms with van der Waals surface area (Å²) >= 11 is 1.67. The molecular weight excluding hydrogens is 262 g/mol. The molecule has 4 nitrogen and oxygen atoms in total. The van der Waals surface area contributed by atoms with Crippen LogP contribution in [0.5, 0.6) is 0 Å². The van der Waals surface area contributed by atoms with Gasteiger partial charge in [-0.25, -0.2) is 4.79 Å². The number of carboxylic acid groups (broad SMARTS) is 1. The van der Waals surface area contributed by atoms with Crippen molar-refractivity contribution in [1.29, 1.82) is 0 Å². The lowest BCUT2D eigenvalue weighted by atomic mass is 10.2. The van der Waals surface area contributed by atoms with E-state index in [1.54, 1.807) is 17.4 Å². The Balaban J connectivity index is 2.03. The molecule has 0 bridgehead atoms. The predicted molar refractivity (Wildman–Crippen MR) is 76.3 cm³/mol. The van der Waals surface area contributed by atoms with Gasteiger partial charge >= 0.3 is 5.97 Å². The smallest absolute Gasteiger partial charge is 0.328 e. The summed E-state index contributed by atoms with van der Waals surface area (Å²) in [5, 5.41) is 10.7. The summed E-state index contributed by atoms with van der Waals surface area (Å²) in [6.45, 7) is 6.87. The Labute approximate surface area is 117 Å². The lowest BCUT2D eigenvalue weighted by Gasteiger charge is -2.35. The van der Waals surface area contributed by atoms with E-state index in [2.05, 4.69) is 18.7 Å². The maximum atomic E-state index is 10.6. The summed E-state index contributed by atoms with van der Waals surface area (Å²) < 4.78 is 5.71. The van der Waals surface area contributed by atoms with Crippen molar-refractivity contribution in [2.75, 3.05) is 13.1 Å². The third kappa shape index (κ3) is 4.16. The van der Waals surface area contributed by atoms with Crippen LogP contribution in [0.3, 0.4) is 0 Å². The monoisotopic (exact) mass is 281 g/mol. The van der Waals surface area contributed by atoms with Crippen LogP contribution in [0, 0.1) is 0 Å². The zero-order valence-electron chi connectivity index (χ0n) is 11.2. The van der Waals surface area contributed by atoms with Crippen LogP contribution in [0.25, 0.3) is 6.08 Å². The van der Waals surface area contributed by atoms with E-state index in [0.29, 0.717) is 0 Å². The third-order valence-electron chi connectivity index (χ3n) is 3.05. The van der Waals surface area contributed by atoms with Crippen molar-refractivity contribution in [3.05, 3.63) is 28.0 Å². The molecule has 19 heavy (non-hydrogen) atoms. The summed E-state index contributed by atoms with van der Waals surface area (Å²) in [5.41, 5.74) is 0.999. The number of aliphatic carboxylic acids is 1.